The first-order valence-electron chi connectivity index (χ1n) is 5.14. The molecule has 0 heterocycles. The van der Waals surface area contributed by atoms with Crippen LogP contribution < -0.4 is 4.74 Å². The summed E-state index contributed by atoms with van der Waals surface area (Å²) in [7, 11) is 0. The first kappa shape index (κ1) is 12.2. The van der Waals surface area contributed by atoms with Crippen molar-refractivity contribution < 1.29 is 9.66 Å². The topological polar surface area (TPSA) is 52.4 Å². The smallest absolute Gasteiger partial charge is 0.314 e. The minimum atomic E-state index is -0.402. The molecule has 16 heavy (non-hydrogen) atoms. The number of ether oxygens (including phenoxy) is 1. The van der Waals surface area contributed by atoms with Crippen LogP contribution in [0.15, 0.2) is 30.9 Å². The Morgan fingerprint density at radius 3 is 2.81 bits per heavy atom. The molecule has 4 heteroatoms. The number of nitrogens with zero attached hydrogens (tertiary/aromatic N) is 1. The Bertz CT molecular complexity index is 401. The van der Waals surface area contributed by atoms with Crippen LogP contribution in [0.5, 0.6) is 5.75 Å². The molecule has 1 unspecified atom stereocenters. The third kappa shape index (κ3) is 2.39. The Labute approximate surface area is 94.7 Å². The van der Waals surface area contributed by atoms with Crippen LogP contribution in [0.1, 0.15) is 25.3 Å². The molecule has 0 aliphatic carbocycles. The maximum absolute atomic E-state index is 11.0. The highest BCUT2D eigenvalue weighted by Crippen LogP contribution is 2.35. The van der Waals surface area contributed by atoms with Gasteiger partial charge in [0.25, 0.3) is 0 Å². The molecule has 0 aliphatic heterocycles. The number of hydrogen-bond donors (Lipinski definition) is 0. The van der Waals surface area contributed by atoms with Crippen LogP contribution in [-0.2, 0) is 0 Å². The molecule has 1 aromatic rings. The predicted molar refractivity (Wildman–Crippen MR) is 62.9 cm³/mol. The summed E-state index contributed by atoms with van der Waals surface area (Å²) in [6.45, 7) is 7.72. The number of rotatable bonds is 5. The Morgan fingerprint density at radius 2 is 2.31 bits per heavy atom. The van der Waals surface area contributed by atoms with E-state index in [1.54, 1.807) is 31.2 Å². The molecule has 0 saturated heterocycles. The Hall–Kier alpha value is -1.84. The molecule has 0 bridgehead atoms. The number of para-hydroxylation sites is 1. The molecule has 86 valence electrons. The lowest BCUT2D eigenvalue weighted by atomic mass is 9.99. The molecule has 0 radical (unpaired) electrons. The molecule has 0 aliphatic rings. The van der Waals surface area contributed by atoms with Crippen molar-refractivity contribution in [3.8, 4) is 5.75 Å². The van der Waals surface area contributed by atoms with E-state index >= 15 is 0 Å². The number of hydrogen-bond acceptors (Lipinski definition) is 3. The summed E-state index contributed by atoms with van der Waals surface area (Å²) in [6.07, 6.45) is 1.68. The van der Waals surface area contributed by atoms with Gasteiger partial charge in [-0.05, 0) is 13.0 Å². The van der Waals surface area contributed by atoms with E-state index in [-0.39, 0.29) is 11.6 Å². The summed E-state index contributed by atoms with van der Waals surface area (Å²) in [5.41, 5.74) is 0.669. The summed E-state index contributed by atoms with van der Waals surface area (Å²) >= 11 is 0. The number of allylic oxidation sites excluding steroid dienone is 1. The van der Waals surface area contributed by atoms with Crippen LogP contribution in [0.25, 0.3) is 0 Å². The lowest BCUT2D eigenvalue weighted by Crippen LogP contribution is -2.02. The highest BCUT2D eigenvalue weighted by Gasteiger charge is 2.22. The average molecular weight is 221 g/mol. The minimum Gasteiger partial charge on any atom is -0.487 e. The Kier molecular flexibility index (Phi) is 4.05. The summed E-state index contributed by atoms with van der Waals surface area (Å²) in [5.74, 6) is 0.250. The summed E-state index contributed by atoms with van der Waals surface area (Å²) in [5, 5.41) is 11.0. The van der Waals surface area contributed by atoms with Crippen LogP contribution in [0.3, 0.4) is 0 Å². The van der Waals surface area contributed by atoms with E-state index in [9.17, 15) is 10.1 Å². The van der Waals surface area contributed by atoms with Crippen LogP contribution in [-0.4, -0.2) is 11.5 Å². The molecule has 4 nitrogen and oxygen atoms in total. The molecule has 0 fully saturated rings. The van der Waals surface area contributed by atoms with Gasteiger partial charge in [-0.1, -0.05) is 25.1 Å². The van der Waals surface area contributed by atoms with E-state index in [1.165, 1.54) is 0 Å². The minimum absolute atomic E-state index is 0.0387. The third-order valence-electron chi connectivity index (χ3n) is 2.36. The van der Waals surface area contributed by atoms with Crippen molar-refractivity contribution in [3.05, 3.63) is 46.5 Å². The van der Waals surface area contributed by atoms with E-state index in [0.717, 1.165) is 0 Å². The van der Waals surface area contributed by atoms with Gasteiger partial charge in [-0.3, -0.25) is 10.1 Å². The molecule has 0 aromatic heterocycles. The molecular formula is C12H15NO3. The van der Waals surface area contributed by atoms with Gasteiger partial charge < -0.3 is 4.74 Å². The maximum Gasteiger partial charge on any atom is 0.314 e. The summed E-state index contributed by atoms with van der Waals surface area (Å²) in [6, 6.07) is 5.10. The fourth-order valence-corrected chi connectivity index (χ4v) is 1.50. The van der Waals surface area contributed by atoms with Crippen molar-refractivity contribution in [3.63, 3.8) is 0 Å². The van der Waals surface area contributed by atoms with Crippen molar-refractivity contribution in [1.82, 2.24) is 0 Å². The summed E-state index contributed by atoms with van der Waals surface area (Å²) in [4.78, 5) is 10.6. The SMILES string of the molecule is C=CC(C)c1cccc(OCC)c1[N+](=O)[O-]. The monoisotopic (exact) mass is 221 g/mol. The Morgan fingerprint density at radius 1 is 1.62 bits per heavy atom. The first-order chi connectivity index (χ1) is 7.61. The van der Waals surface area contributed by atoms with E-state index in [0.29, 0.717) is 17.9 Å². The van der Waals surface area contributed by atoms with Crippen molar-refractivity contribution >= 4 is 5.69 Å². The zero-order valence-corrected chi connectivity index (χ0v) is 9.47. The van der Waals surface area contributed by atoms with Gasteiger partial charge in [0.2, 0.25) is 0 Å². The van der Waals surface area contributed by atoms with E-state index in [4.69, 9.17) is 4.74 Å². The van der Waals surface area contributed by atoms with Crippen molar-refractivity contribution in [2.45, 2.75) is 19.8 Å². The zero-order valence-electron chi connectivity index (χ0n) is 9.47. The van der Waals surface area contributed by atoms with Crippen LogP contribution in [0.4, 0.5) is 5.69 Å². The maximum atomic E-state index is 11.0. The molecular weight excluding hydrogens is 206 g/mol. The molecule has 0 spiro atoms. The molecule has 1 atom stereocenters. The third-order valence-corrected chi connectivity index (χ3v) is 2.36. The fraction of sp³-hybridized carbons (Fsp3) is 0.333. The van der Waals surface area contributed by atoms with Crippen molar-refractivity contribution in [2.75, 3.05) is 6.61 Å². The summed E-state index contributed by atoms with van der Waals surface area (Å²) < 4.78 is 5.26. The second-order valence-corrected chi connectivity index (χ2v) is 3.41. The van der Waals surface area contributed by atoms with Crippen LogP contribution in [0.2, 0.25) is 0 Å². The highest BCUT2D eigenvalue weighted by atomic mass is 16.6. The number of benzene rings is 1. The molecule has 0 N–H and O–H groups in total. The van der Waals surface area contributed by atoms with Gasteiger partial charge in [0.05, 0.1) is 11.5 Å². The normalized spacial score (nSPS) is 11.9. The standard InChI is InChI=1S/C12H15NO3/c1-4-9(3)10-7-6-8-11(16-5-2)12(10)13(14)15/h4,6-9H,1,5H2,2-3H3. The Balaban J connectivity index is 3.31. The number of nitro groups is 1. The predicted octanol–water partition coefficient (Wildman–Crippen LogP) is 3.28. The van der Waals surface area contributed by atoms with Gasteiger partial charge >= 0.3 is 5.69 Å². The van der Waals surface area contributed by atoms with Gasteiger partial charge in [-0.2, -0.15) is 0 Å². The van der Waals surface area contributed by atoms with Crippen molar-refractivity contribution in [2.24, 2.45) is 0 Å². The molecule has 1 rings (SSSR count). The number of nitro benzene ring substituents is 1. The second-order valence-electron chi connectivity index (χ2n) is 3.41. The van der Waals surface area contributed by atoms with Crippen LogP contribution >= 0.6 is 0 Å². The van der Waals surface area contributed by atoms with Gasteiger partial charge in [-0.15, -0.1) is 6.58 Å². The van der Waals surface area contributed by atoms with Crippen molar-refractivity contribution in [1.29, 1.82) is 0 Å². The van der Waals surface area contributed by atoms with E-state index in [2.05, 4.69) is 6.58 Å². The van der Waals surface area contributed by atoms with E-state index < -0.39 is 4.92 Å². The molecule has 0 amide bonds. The highest BCUT2D eigenvalue weighted by molar-refractivity contribution is 5.54. The average Bonchev–Trinajstić information content (AvgIpc) is 2.27. The first-order valence-corrected chi connectivity index (χ1v) is 5.14. The van der Waals surface area contributed by atoms with E-state index in [1.807, 2.05) is 6.92 Å². The lowest BCUT2D eigenvalue weighted by molar-refractivity contribution is -0.386. The zero-order chi connectivity index (χ0) is 12.1. The lowest BCUT2D eigenvalue weighted by Gasteiger charge is -2.10. The van der Waals surface area contributed by atoms with Crippen LogP contribution in [0, 0.1) is 10.1 Å². The molecule has 1 aromatic carbocycles. The van der Waals surface area contributed by atoms with Gasteiger partial charge in [0.15, 0.2) is 5.75 Å². The van der Waals surface area contributed by atoms with Gasteiger partial charge in [0, 0.05) is 11.5 Å². The second kappa shape index (κ2) is 5.30. The van der Waals surface area contributed by atoms with Gasteiger partial charge in [0.1, 0.15) is 0 Å². The van der Waals surface area contributed by atoms with Gasteiger partial charge in [-0.25, -0.2) is 0 Å². The largest absolute Gasteiger partial charge is 0.487 e. The molecule has 0 saturated carbocycles. The quantitative estimate of drug-likeness (QED) is 0.435. The fourth-order valence-electron chi connectivity index (χ4n) is 1.50.